The van der Waals surface area contributed by atoms with E-state index in [1.165, 1.54) is 68.6 Å². The Bertz CT molecular complexity index is 551. The molecule has 1 aromatic carbocycles. The summed E-state index contributed by atoms with van der Waals surface area (Å²) in [6.45, 7) is 9.26. The normalized spacial score (nSPS) is 20.2. The highest BCUT2D eigenvalue weighted by atomic mass is 16.5. The first-order chi connectivity index (χ1) is 12.0. The molecule has 2 aliphatic rings. The molecule has 0 amide bonds. The molecule has 0 bridgehead atoms. The summed E-state index contributed by atoms with van der Waals surface area (Å²) in [5, 5.41) is 0. The Labute approximate surface area is 152 Å². The van der Waals surface area contributed by atoms with Crippen molar-refractivity contribution in [3.8, 4) is 5.75 Å². The van der Waals surface area contributed by atoms with Gasteiger partial charge in [0.1, 0.15) is 12.4 Å². The van der Waals surface area contributed by atoms with Crippen LogP contribution in [-0.2, 0) is 0 Å². The lowest BCUT2D eigenvalue weighted by Crippen LogP contribution is -2.54. The van der Waals surface area contributed by atoms with Crippen LogP contribution < -0.4 is 15.4 Å². The monoisotopic (exact) mass is 347 g/mol. The number of ether oxygens (including phenoxy) is 1. The van der Waals surface area contributed by atoms with Gasteiger partial charge in [-0.2, -0.15) is 0 Å². The number of hydrogen-bond acceptors (Lipinski definition) is 4. The maximum absolute atomic E-state index is 5.86. The lowest BCUT2D eigenvalue weighted by Gasteiger charge is -2.39. The molecule has 3 rings (SSSR count). The Morgan fingerprint density at radius 2 is 1.72 bits per heavy atom. The number of likely N-dealkylation sites (N-methyl/N-ethyl adjacent to an activating group) is 1. The first-order valence-electron chi connectivity index (χ1n) is 9.85. The zero-order valence-corrected chi connectivity index (χ0v) is 16.0. The number of rotatable bonds is 7. The van der Waals surface area contributed by atoms with Crippen molar-refractivity contribution in [2.24, 2.45) is 0 Å². The molecule has 0 saturated carbocycles. The number of fused-ring (bicyclic) bond motifs is 1. The van der Waals surface area contributed by atoms with Gasteiger partial charge in [0, 0.05) is 31.4 Å². The third-order valence-electron chi connectivity index (χ3n) is 5.64. The summed E-state index contributed by atoms with van der Waals surface area (Å²) in [4.78, 5) is 5.09. The Hall–Kier alpha value is -1.46. The van der Waals surface area contributed by atoms with Crippen LogP contribution in [0.3, 0.4) is 0 Å². The van der Waals surface area contributed by atoms with Crippen LogP contribution in [0.25, 0.3) is 0 Å². The van der Waals surface area contributed by atoms with Crippen molar-refractivity contribution in [2.75, 3.05) is 77.1 Å². The van der Waals surface area contributed by atoms with E-state index in [2.05, 4.69) is 30.0 Å². The molecule has 5 heteroatoms. The number of nitrogens with zero attached hydrogens (tertiary/aromatic N) is 3. The van der Waals surface area contributed by atoms with Gasteiger partial charge in [0.25, 0.3) is 0 Å². The van der Waals surface area contributed by atoms with Crippen molar-refractivity contribution >= 4 is 11.4 Å². The van der Waals surface area contributed by atoms with E-state index in [0.29, 0.717) is 0 Å². The SMILES string of the molecule is C[N+]1(C)CCN(CCCCCCN2CCOc3cc(N)ccc32)CC1. The number of anilines is 2. The van der Waals surface area contributed by atoms with Gasteiger partial charge in [-0.15, -0.1) is 0 Å². The molecular formula is C20H35N4O+. The molecule has 25 heavy (non-hydrogen) atoms. The maximum Gasteiger partial charge on any atom is 0.144 e. The van der Waals surface area contributed by atoms with Crippen molar-refractivity contribution in [2.45, 2.75) is 25.7 Å². The van der Waals surface area contributed by atoms with Crippen LogP contribution in [0.1, 0.15) is 25.7 Å². The van der Waals surface area contributed by atoms with Crippen LogP contribution >= 0.6 is 0 Å². The van der Waals surface area contributed by atoms with Crippen molar-refractivity contribution in [1.29, 1.82) is 0 Å². The van der Waals surface area contributed by atoms with Gasteiger partial charge < -0.3 is 19.9 Å². The van der Waals surface area contributed by atoms with Gasteiger partial charge in [0.15, 0.2) is 0 Å². The van der Waals surface area contributed by atoms with Gasteiger partial charge in [0.2, 0.25) is 0 Å². The molecule has 5 nitrogen and oxygen atoms in total. The zero-order valence-electron chi connectivity index (χ0n) is 16.0. The van der Waals surface area contributed by atoms with Crippen LogP contribution in [-0.4, -0.2) is 75.9 Å². The number of nitrogens with two attached hydrogens (primary N) is 1. The molecule has 0 spiro atoms. The lowest BCUT2D eigenvalue weighted by atomic mass is 10.1. The summed E-state index contributed by atoms with van der Waals surface area (Å²) in [6.07, 6.45) is 5.25. The summed E-state index contributed by atoms with van der Waals surface area (Å²) < 4.78 is 6.92. The highest BCUT2D eigenvalue weighted by Gasteiger charge is 2.23. The summed E-state index contributed by atoms with van der Waals surface area (Å²) >= 11 is 0. The molecule has 1 aromatic rings. The third-order valence-corrected chi connectivity index (χ3v) is 5.64. The average Bonchev–Trinajstić information content (AvgIpc) is 2.59. The highest BCUT2D eigenvalue weighted by Crippen LogP contribution is 2.33. The molecule has 2 N–H and O–H groups in total. The van der Waals surface area contributed by atoms with E-state index < -0.39 is 0 Å². The van der Waals surface area contributed by atoms with Gasteiger partial charge in [-0.05, 0) is 31.5 Å². The minimum Gasteiger partial charge on any atom is -0.489 e. The van der Waals surface area contributed by atoms with Crippen LogP contribution in [0.15, 0.2) is 18.2 Å². The molecule has 140 valence electrons. The van der Waals surface area contributed by atoms with Crippen molar-refractivity contribution < 1.29 is 9.22 Å². The van der Waals surface area contributed by atoms with Crippen molar-refractivity contribution in [3.05, 3.63) is 18.2 Å². The molecule has 0 radical (unpaired) electrons. The first kappa shape index (κ1) is 18.3. The molecule has 2 heterocycles. The molecule has 1 fully saturated rings. The second-order valence-electron chi connectivity index (χ2n) is 8.20. The van der Waals surface area contributed by atoms with E-state index in [1.54, 1.807) is 0 Å². The van der Waals surface area contributed by atoms with E-state index in [9.17, 15) is 0 Å². The summed E-state index contributed by atoms with van der Waals surface area (Å²) in [6, 6.07) is 6.01. The fraction of sp³-hybridized carbons (Fsp3) is 0.700. The van der Waals surface area contributed by atoms with Crippen LogP contribution in [0, 0.1) is 0 Å². The first-order valence-corrected chi connectivity index (χ1v) is 9.85. The molecule has 2 aliphatic heterocycles. The number of benzene rings is 1. The fourth-order valence-corrected chi connectivity index (χ4v) is 3.79. The van der Waals surface area contributed by atoms with Gasteiger partial charge >= 0.3 is 0 Å². The quantitative estimate of drug-likeness (QED) is 0.467. The molecular weight excluding hydrogens is 312 g/mol. The molecule has 1 saturated heterocycles. The highest BCUT2D eigenvalue weighted by molar-refractivity contribution is 5.64. The predicted molar refractivity (Wildman–Crippen MR) is 105 cm³/mol. The number of unbranched alkanes of at least 4 members (excludes halogenated alkanes) is 3. The fourth-order valence-electron chi connectivity index (χ4n) is 3.79. The molecule has 0 unspecified atom stereocenters. The Balaban J connectivity index is 1.31. The standard InChI is InChI=1S/C20H35N4O/c1-24(2)14-11-22(12-15-24)9-5-3-4-6-10-23-13-16-25-20-17-18(21)7-8-19(20)23/h7-8,17H,3-6,9-16,21H2,1-2H3/q+1. The Morgan fingerprint density at radius 1 is 1.00 bits per heavy atom. The van der Waals surface area contributed by atoms with Gasteiger partial charge in [0.05, 0.1) is 39.4 Å². The minimum absolute atomic E-state index is 0.764. The van der Waals surface area contributed by atoms with Gasteiger partial charge in [-0.1, -0.05) is 12.8 Å². The zero-order chi connectivity index (χ0) is 17.7. The van der Waals surface area contributed by atoms with E-state index >= 15 is 0 Å². The summed E-state index contributed by atoms with van der Waals surface area (Å²) in [5.74, 6) is 0.942. The number of piperazine rings is 1. The minimum atomic E-state index is 0.764. The van der Waals surface area contributed by atoms with E-state index in [1.807, 2.05) is 12.1 Å². The predicted octanol–water partition coefficient (Wildman–Crippen LogP) is 2.42. The smallest absolute Gasteiger partial charge is 0.144 e. The maximum atomic E-state index is 5.86. The average molecular weight is 348 g/mol. The number of quaternary nitrogens is 1. The third kappa shape index (κ3) is 5.25. The molecule has 0 aromatic heterocycles. The van der Waals surface area contributed by atoms with Crippen molar-refractivity contribution in [3.63, 3.8) is 0 Å². The summed E-state index contributed by atoms with van der Waals surface area (Å²) in [5.41, 5.74) is 7.84. The van der Waals surface area contributed by atoms with E-state index in [4.69, 9.17) is 10.5 Å². The largest absolute Gasteiger partial charge is 0.489 e. The van der Waals surface area contributed by atoms with Crippen LogP contribution in [0.2, 0.25) is 0 Å². The second kappa shape index (κ2) is 8.28. The van der Waals surface area contributed by atoms with Gasteiger partial charge in [-0.25, -0.2) is 0 Å². The molecule has 0 aliphatic carbocycles. The topological polar surface area (TPSA) is 41.7 Å². The number of nitrogen functional groups attached to an aromatic ring is 1. The van der Waals surface area contributed by atoms with E-state index in [0.717, 1.165) is 31.1 Å². The summed E-state index contributed by atoms with van der Waals surface area (Å²) in [7, 11) is 4.69. The van der Waals surface area contributed by atoms with Crippen molar-refractivity contribution in [1.82, 2.24) is 4.90 Å². The van der Waals surface area contributed by atoms with Crippen LogP contribution in [0.5, 0.6) is 5.75 Å². The van der Waals surface area contributed by atoms with E-state index in [-0.39, 0.29) is 0 Å². The van der Waals surface area contributed by atoms with Crippen LogP contribution in [0.4, 0.5) is 11.4 Å². The Kier molecular flexibility index (Phi) is 6.07. The lowest BCUT2D eigenvalue weighted by molar-refractivity contribution is -0.894. The Morgan fingerprint density at radius 3 is 2.48 bits per heavy atom. The number of hydrogen-bond donors (Lipinski definition) is 1. The van der Waals surface area contributed by atoms with Gasteiger partial charge in [-0.3, -0.25) is 4.90 Å². The second-order valence-corrected chi connectivity index (χ2v) is 8.20. The molecule has 0 atom stereocenters.